The van der Waals surface area contributed by atoms with Crippen molar-refractivity contribution in [2.45, 2.75) is 31.9 Å². The van der Waals surface area contributed by atoms with Crippen molar-refractivity contribution in [3.8, 4) is 5.75 Å². The summed E-state index contributed by atoms with van der Waals surface area (Å²) >= 11 is 1.44. The lowest BCUT2D eigenvalue weighted by Crippen LogP contribution is -2.30. The van der Waals surface area contributed by atoms with Gasteiger partial charge in [-0.05, 0) is 65.4 Å². The third-order valence-corrected chi connectivity index (χ3v) is 6.68. The molecule has 0 aromatic heterocycles. The van der Waals surface area contributed by atoms with Gasteiger partial charge in [-0.1, -0.05) is 55.1 Å². The number of nitrogens with zero attached hydrogens (tertiary/aromatic N) is 1. The van der Waals surface area contributed by atoms with Crippen molar-refractivity contribution in [3.05, 3.63) is 117 Å². The van der Waals surface area contributed by atoms with Gasteiger partial charge in [0.2, 0.25) is 0 Å². The number of carbonyl (C=O) groups is 1. The maximum atomic E-state index is 12.6. The standard InChI is InChI=1S/C28H27N3O4S/c1-3-6-22-15-20(11-14-25(22)35-18-21-7-5-8-24(16-21)31(33)34)17-26-27(32)30-28(36-26)29-23-12-9-19(4-2)10-13-23/h3,5,7-17,28-29H,1,4,6,18H2,2H3,(H,30,32)/b26-17-/t28-/m0/s1. The van der Waals surface area contributed by atoms with Crippen molar-refractivity contribution in [1.29, 1.82) is 0 Å². The Hall–Kier alpha value is -4.04. The number of hydrogen-bond donors (Lipinski definition) is 2. The first-order valence-electron chi connectivity index (χ1n) is 11.6. The monoisotopic (exact) mass is 501 g/mol. The summed E-state index contributed by atoms with van der Waals surface area (Å²) in [5.41, 5.74) is 4.49. The molecule has 0 saturated carbocycles. The van der Waals surface area contributed by atoms with Gasteiger partial charge in [0.15, 0.2) is 5.50 Å². The number of thioether (sulfide) groups is 1. The Kier molecular flexibility index (Phi) is 8.07. The van der Waals surface area contributed by atoms with E-state index in [0.29, 0.717) is 22.6 Å². The van der Waals surface area contributed by atoms with E-state index >= 15 is 0 Å². The molecule has 0 aliphatic carbocycles. The lowest BCUT2D eigenvalue weighted by Gasteiger charge is -2.13. The molecule has 1 amide bonds. The highest BCUT2D eigenvalue weighted by atomic mass is 32.2. The summed E-state index contributed by atoms with van der Waals surface area (Å²) in [5, 5.41) is 17.3. The first-order valence-corrected chi connectivity index (χ1v) is 12.5. The molecule has 1 atom stereocenters. The number of aryl methyl sites for hydroxylation is 1. The van der Waals surface area contributed by atoms with E-state index in [1.54, 1.807) is 18.2 Å². The van der Waals surface area contributed by atoms with Crippen molar-refractivity contribution in [2.24, 2.45) is 0 Å². The molecule has 7 nitrogen and oxygen atoms in total. The summed E-state index contributed by atoms with van der Waals surface area (Å²) in [4.78, 5) is 23.8. The lowest BCUT2D eigenvalue weighted by molar-refractivity contribution is -0.384. The average Bonchev–Trinajstić information content (AvgIpc) is 3.22. The number of anilines is 1. The molecule has 36 heavy (non-hydrogen) atoms. The van der Waals surface area contributed by atoms with Gasteiger partial charge < -0.3 is 15.4 Å². The molecule has 1 saturated heterocycles. The summed E-state index contributed by atoms with van der Waals surface area (Å²) in [5.74, 6) is 0.543. The minimum absolute atomic E-state index is 0.0301. The fourth-order valence-electron chi connectivity index (χ4n) is 3.77. The van der Waals surface area contributed by atoms with Gasteiger partial charge >= 0.3 is 0 Å². The summed E-state index contributed by atoms with van der Waals surface area (Å²) in [6.45, 7) is 6.15. The molecule has 0 unspecified atom stereocenters. The number of nitrogens with one attached hydrogen (secondary N) is 2. The van der Waals surface area contributed by atoms with Crippen LogP contribution < -0.4 is 15.4 Å². The van der Waals surface area contributed by atoms with Crippen molar-refractivity contribution in [3.63, 3.8) is 0 Å². The van der Waals surface area contributed by atoms with Gasteiger partial charge in [-0.3, -0.25) is 14.9 Å². The molecule has 184 valence electrons. The topological polar surface area (TPSA) is 93.5 Å². The molecule has 8 heteroatoms. The smallest absolute Gasteiger partial charge is 0.269 e. The maximum Gasteiger partial charge on any atom is 0.269 e. The van der Waals surface area contributed by atoms with E-state index < -0.39 is 4.92 Å². The number of benzene rings is 3. The summed E-state index contributed by atoms with van der Waals surface area (Å²) in [7, 11) is 0. The Morgan fingerprint density at radius 2 is 1.94 bits per heavy atom. The van der Waals surface area contributed by atoms with Gasteiger partial charge in [-0.2, -0.15) is 0 Å². The van der Waals surface area contributed by atoms with Crippen LogP contribution in [0.5, 0.6) is 5.75 Å². The SMILES string of the molecule is C=CCc1cc(/C=C2\S[C@@H](Nc3ccc(CC)cc3)NC2=O)ccc1OCc1cccc([N+](=O)[O-])c1. The molecule has 1 aliphatic rings. The fourth-order valence-corrected chi connectivity index (χ4v) is 4.76. The van der Waals surface area contributed by atoms with E-state index in [1.807, 2.05) is 36.4 Å². The van der Waals surface area contributed by atoms with Crippen LogP contribution in [0.4, 0.5) is 11.4 Å². The molecule has 1 heterocycles. The fraction of sp³-hybridized carbons (Fsp3) is 0.179. The minimum Gasteiger partial charge on any atom is -0.489 e. The van der Waals surface area contributed by atoms with Crippen LogP contribution in [0.1, 0.15) is 29.2 Å². The van der Waals surface area contributed by atoms with Crippen LogP contribution in [-0.4, -0.2) is 16.3 Å². The van der Waals surface area contributed by atoms with Gasteiger partial charge in [0.05, 0.1) is 9.83 Å². The van der Waals surface area contributed by atoms with Crippen LogP contribution in [0.3, 0.4) is 0 Å². The Labute approximate surface area is 214 Å². The molecular formula is C28H27N3O4S. The molecular weight excluding hydrogens is 474 g/mol. The molecule has 0 bridgehead atoms. The first kappa shape index (κ1) is 25.1. The molecule has 1 aliphatic heterocycles. The van der Waals surface area contributed by atoms with Crippen molar-refractivity contribution >= 4 is 35.1 Å². The highest BCUT2D eigenvalue weighted by Crippen LogP contribution is 2.31. The minimum atomic E-state index is -0.422. The van der Waals surface area contributed by atoms with Crippen molar-refractivity contribution in [1.82, 2.24) is 5.32 Å². The van der Waals surface area contributed by atoms with E-state index in [4.69, 9.17) is 4.74 Å². The van der Waals surface area contributed by atoms with Crippen LogP contribution in [0, 0.1) is 10.1 Å². The zero-order valence-corrected chi connectivity index (χ0v) is 20.7. The van der Waals surface area contributed by atoms with Crippen molar-refractivity contribution in [2.75, 3.05) is 5.32 Å². The van der Waals surface area contributed by atoms with Crippen LogP contribution in [0.25, 0.3) is 6.08 Å². The predicted octanol–water partition coefficient (Wildman–Crippen LogP) is 6.06. The largest absolute Gasteiger partial charge is 0.489 e. The summed E-state index contributed by atoms with van der Waals surface area (Å²) < 4.78 is 5.97. The summed E-state index contributed by atoms with van der Waals surface area (Å²) in [6.07, 6.45) is 5.21. The van der Waals surface area contributed by atoms with E-state index in [1.165, 1.54) is 29.5 Å². The second-order valence-corrected chi connectivity index (χ2v) is 9.40. The van der Waals surface area contributed by atoms with E-state index in [0.717, 1.165) is 23.2 Å². The van der Waals surface area contributed by atoms with Gasteiger partial charge in [0, 0.05) is 17.8 Å². The number of amides is 1. The number of hydrogen-bond acceptors (Lipinski definition) is 6. The van der Waals surface area contributed by atoms with Crippen LogP contribution in [-0.2, 0) is 24.2 Å². The molecule has 3 aromatic carbocycles. The number of nitro groups is 1. The Morgan fingerprint density at radius 1 is 1.14 bits per heavy atom. The quantitative estimate of drug-likeness (QED) is 0.152. The molecule has 0 spiro atoms. The average molecular weight is 502 g/mol. The van der Waals surface area contributed by atoms with Gasteiger partial charge in [0.1, 0.15) is 12.4 Å². The third-order valence-electron chi connectivity index (χ3n) is 5.65. The molecule has 1 fully saturated rings. The highest BCUT2D eigenvalue weighted by molar-refractivity contribution is 8.05. The molecule has 2 N–H and O–H groups in total. The second-order valence-electron chi connectivity index (χ2n) is 8.25. The first-order chi connectivity index (χ1) is 17.4. The Morgan fingerprint density at radius 3 is 2.67 bits per heavy atom. The number of carbonyl (C=O) groups excluding carboxylic acids is 1. The van der Waals surface area contributed by atoms with Gasteiger partial charge in [0.25, 0.3) is 11.6 Å². The van der Waals surface area contributed by atoms with Crippen LogP contribution in [0.15, 0.2) is 84.3 Å². The van der Waals surface area contributed by atoms with Gasteiger partial charge in [-0.15, -0.1) is 6.58 Å². The molecule has 0 radical (unpaired) electrons. The normalized spacial score (nSPS) is 16.0. The number of rotatable bonds is 10. The summed E-state index contributed by atoms with van der Waals surface area (Å²) in [6, 6.07) is 20.3. The maximum absolute atomic E-state index is 12.6. The predicted molar refractivity (Wildman–Crippen MR) is 145 cm³/mol. The zero-order valence-electron chi connectivity index (χ0n) is 19.9. The highest BCUT2D eigenvalue weighted by Gasteiger charge is 2.27. The Balaban J connectivity index is 1.45. The third kappa shape index (κ3) is 6.34. The van der Waals surface area contributed by atoms with Crippen LogP contribution in [0.2, 0.25) is 0 Å². The van der Waals surface area contributed by atoms with E-state index in [9.17, 15) is 14.9 Å². The number of ether oxygens (including phenoxy) is 1. The Bertz CT molecular complexity index is 1300. The number of non-ortho nitro benzene ring substituents is 1. The zero-order chi connectivity index (χ0) is 25.5. The number of allylic oxidation sites excluding steroid dienone is 1. The van der Waals surface area contributed by atoms with Gasteiger partial charge in [-0.25, -0.2) is 0 Å². The molecule has 4 rings (SSSR count). The van der Waals surface area contributed by atoms with E-state index in [-0.39, 0.29) is 23.7 Å². The second kappa shape index (κ2) is 11.6. The lowest BCUT2D eigenvalue weighted by atomic mass is 10.1. The molecule has 3 aromatic rings. The van der Waals surface area contributed by atoms with Crippen LogP contribution >= 0.6 is 11.8 Å². The number of nitro benzene ring substituents is 1. The van der Waals surface area contributed by atoms with E-state index in [2.05, 4.69) is 36.3 Å². The van der Waals surface area contributed by atoms with Crippen molar-refractivity contribution < 1.29 is 14.5 Å².